The van der Waals surface area contributed by atoms with Crippen molar-refractivity contribution in [3.05, 3.63) is 11.9 Å². The Morgan fingerprint density at radius 1 is 1.58 bits per heavy atom. The minimum atomic E-state index is 0.433. The molecule has 0 aliphatic heterocycles. The van der Waals surface area contributed by atoms with E-state index in [1.165, 1.54) is 0 Å². The summed E-state index contributed by atoms with van der Waals surface area (Å²) in [5.74, 6) is 0.433. The normalized spacial score (nSPS) is 11.0. The zero-order chi connectivity index (χ0) is 8.97. The van der Waals surface area contributed by atoms with Gasteiger partial charge in [-0.05, 0) is 14.1 Å². The Morgan fingerprint density at radius 2 is 2.33 bits per heavy atom. The summed E-state index contributed by atoms with van der Waals surface area (Å²) in [6.45, 7) is 1.82. The number of nitrogens with zero attached hydrogens (tertiary/aromatic N) is 4. The topological polar surface area (TPSA) is 34.0 Å². The largest absolute Gasteiger partial charge is 0.308 e. The summed E-state index contributed by atoms with van der Waals surface area (Å²) in [5.41, 5.74) is 0.829. The third-order valence-electron chi connectivity index (χ3n) is 1.50. The Hall–Kier alpha value is -0.610. The molecule has 1 rings (SSSR count). The summed E-state index contributed by atoms with van der Waals surface area (Å²) >= 11 is 5.58. The highest BCUT2D eigenvalue weighted by Gasteiger charge is 1.98. The molecule has 0 fully saturated rings. The van der Waals surface area contributed by atoms with Crippen LogP contribution in [0, 0.1) is 0 Å². The zero-order valence-corrected chi connectivity index (χ0v) is 8.12. The predicted octanol–water partition coefficient (Wildman–Crippen LogP) is 0.578. The van der Waals surface area contributed by atoms with Crippen molar-refractivity contribution in [1.82, 2.24) is 19.9 Å². The Kier molecular flexibility index (Phi) is 3.49. The molecule has 1 aromatic rings. The van der Waals surface area contributed by atoms with Gasteiger partial charge in [0.05, 0.1) is 18.1 Å². The number of hydrogen-bond acceptors (Lipinski definition) is 3. The van der Waals surface area contributed by atoms with Crippen LogP contribution in [0.1, 0.15) is 5.69 Å². The fourth-order valence-corrected chi connectivity index (χ4v) is 0.934. The third kappa shape index (κ3) is 2.79. The number of hydrogen-bond donors (Lipinski definition) is 0. The van der Waals surface area contributed by atoms with Gasteiger partial charge in [-0.25, -0.2) is 0 Å². The van der Waals surface area contributed by atoms with Gasteiger partial charge < -0.3 is 4.90 Å². The van der Waals surface area contributed by atoms with Crippen LogP contribution in [-0.4, -0.2) is 40.5 Å². The molecule has 1 heterocycles. The Bertz CT molecular complexity index is 233. The molecule has 0 aliphatic rings. The molecule has 0 saturated heterocycles. The van der Waals surface area contributed by atoms with Crippen molar-refractivity contribution in [2.45, 2.75) is 12.4 Å². The molecule has 0 spiro atoms. The van der Waals surface area contributed by atoms with Gasteiger partial charge >= 0.3 is 0 Å². The van der Waals surface area contributed by atoms with Gasteiger partial charge in [0.15, 0.2) is 0 Å². The fraction of sp³-hybridized carbons (Fsp3) is 0.714. The van der Waals surface area contributed by atoms with Crippen LogP contribution in [0.5, 0.6) is 0 Å². The maximum absolute atomic E-state index is 5.58. The molecule has 68 valence electrons. The van der Waals surface area contributed by atoms with Crippen LogP contribution in [0.2, 0.25) is 0 Å². The standard InChI is InChI=1S/C7H13ClN4/c1-11(2)3-4-12-6-7(5-8)9-10-12/h6H,3-5H2,1-2H3. The van der Waals surface area contributed by atoms with Crippen LogP contribution in [0.15, 0.2) is 6.20 Å². The van der Waals surface area contributed by atoms with Crippen molar-refractivity contribution in [3.8, 4) is 0 Å². The average molecular weight is 189 g/mol. The van der Waals surface area contributed by atoms with E-state index in [2.05, 4.69) is 15.2 Å². The summed E-state index contributed by atoms with van der Waals surface area (Å²) in [6.07, 6.45) is 1.87. The SMILES string of the molecule is CN(C)CCn1cc(CCl)nn1. The highest BCUT2D eigenvalue weighted by atomic mass is 35.5. The van der Waals surface area contributed by atoms with Crippen LogP contribution < -0.4 is 0 Å². The molecule has 0 N–H and O–H groups in total. The number of halogens is 1. The average Bonchev–Trinajstić information content (AvgIpc) is 2.48. The highest BCUT2D eigenvalue weighted by molar-refractivity contribution is 6.16. The molecular formula is C7H13ClN4. The van der Waals surface area contributed by atoms with Gasteiger partial charge in [-0.3, -0.25) is 4.68 Å². The summed E-state index contributed by atoms with van der Waals surface area (Å²) in [5, 5.41) is 7.79. The highest BCUT2D eigenvalue weighted by Crippen LogP contribution is 1.96. The second kappa shape index (κ2) is 4.42. The maximum atomic E-state index is 5.58. The summed E-state index contributed by atoms with van der Waals surface area (Å²) < 4.78 is 1.80. The van der Waals surface area contributed by atoms with E-state index < -0.39 is 0 Å². The monoisotopic (exact) mass is 188 g/mol. The molecule has 0 radical (unpaired) electrons. The van der Waals surface area contributed by atoms with Gasteiger partial charge in [-0.2, -0.15) is 0 Å². The lowest BCUT2D eigenvalue weighted by molar-refractivity contribution is 0.370. The molecular weight excluding hydrogens is 176 g/mol. The van der Waals surface area contributed by atoms with E-state index in [1.807, 2.05) is 20.3 Å². The van der Waals surface area contributed by atoms with E-state index in [0.29, 0.717) is 5.88 Å². The first-order valence-electron chi connectivity index (χ1n) is 3.82. The lowest BCUT2D eigenvalue weighted by atomic mass is 10.5. The van der Waals surface area contributed by atoms with Crippen molar-refractivity contribution in [3.63, 3.8) is 0 Å². The van der Waals surface area contributed by atoms with Crippen LogP contribution in [-0.2, 0) is 12.4 Å². The van der Waals surface area contributed by atoms with E-state index in [-0.39, 0.29) is 0 Å². The quantitative estimate of drug-likeness (QED) is 0.649. The van der Waals surface area contributed by atoms with Crippen molar-refractivity contribution in [2.24, 2.45) is 0 Å². The predicted molar refractivity (Wildman–Crippen MR) is 48.1 cm³/mol. The Labute approximate surface area is 77.1 Å². The molecule has 1 aromatic heterocycles. The minimum Gasteiger partial charge on any atom is -0.308 e. The van der Waals surface area contributed by atoms with Crippen LogP contribution in [0.25, 0.3) is 0 Å². The van der Waals surface area contributed by atoms with Gasteiger partial charge in [0.1, 0.15) is 0 Å². The molecule has 12 heavy (non-hydrogen) atoms. The van der Waals surface area contributed by atoms with Crippen LogP contribution in [0.4, 0.5) is 0 Å². The molecule has 0 aromatic carbocycles. The van der Waals surface area contributed by atoms with Gasteiger partial charge in [-0.15, -0.1) is 16.7 Å². The second-order valence-electron chi connectivity index (χ2n) is 2.91. The summed E-state index contributed by atoms with van der Waals surface area (Å²) in [4.78, 5) is 2.10. The number of alkyl halides is 1. The van der Waals surface area contributed by atoms with Crippen molar-refractivity contribution in [1.29, 1.82) is 0 Å². The molecule has 0 amide bonds. The molecule has 0 bridgehead atoms. The number of aromatic nitrogens is 3. The summed E-state index contributed by atoms with van der Waals surface area (Å²) in [7, 11) is 4.05. The number of likely N-dealkylation sites (N-methyl/N-ethyl adjacent to an activating group) is 1. The second-order valence-corrected chi connectivity index (χ2v) is 3.18. The zero-order valence-electron chi connectivity index (χ0n) is 7.37. The van der Waals surface area contributed by atoms with E-state index in [0.717, 1.165) is 18.8 Å². The van der Waals surface area contributed by atoms with Crippen LogP contribution >= 0.6 is 11.6 Å². The molecule has 5 heteroatoms. The lowest BCUT2D eigenvalue weighted by Crippen LogP contribution is -2.18. The molecule has 4 nitrogen and oxygen atoms in total. The molecule has 0 aliphatic carbocycles. The van der Waals surface area contributed by atoms with E-state index in [1.54, 1.807) is 4.68 Å². The first-order valence-corrected chi connectivity index (χ1v) is 4.35. The summed E-state index contributed by atoms with van der Waals surface area (Å²) in [6, 6.07) is 0. The Balaban J connectivity index is 2.41. The first kappa shape index (κ1) is 9.48. The molecule has 0 saturated carbocycles. The van der Waals surface area contributed by atoms with Crippen LogP contribution in [0.3, 0.4) is 0 Å². The van der Waals surface area contributed by atoms with Crippen molar-refractivity contribution in [2.75, 3.05) is 20.6 Å². The first-order chi connectivity index (χ1) is 5.72. The maximum Gasteiger partial charge on any atom is 0.0974 e. The Morgan fingerprint density at radius 3 is 2.83 bits per heavy atom. The van der Waals surface area contributed by atoms with E-state index in [9.17, 15) is 0 Å². The fourth-order valence-electron chi connectivity index (χ4n) is 0.812. The van der Waals surface area contributed by atoms with Crippen molar-refractivity contribution >= 4 is 11.6 Å². The van der Waals surface area contributed by atoms with Gasteiger partial charge in [0.25, 0.3) is 0 Å². The van der Waals surface area contributed by atoms with Gasteiger partial charge in [0.2, 0.25) is 0 Å². The van der Waals surface area contributed by atoms with E-state index >= 15 is 0 Å². The van der Waals surface area contributed by atoms with E-state index in [4.69, 9.17) is 11.6 Å². The van der Waals surface area contributed by atoms with Gasteiger partial charge in [-0.1, -0.05) is 5.21 Å². The lowest BCUT2D eigenvalue weighted by Gasteiger charge is -2.07. The smallest absolute Gasteiger partial charge is 0.0974 e. The minimum absolute atomic E-state index is 0.433. The molecule has 0 unspecified atom stereocenters. The van der Waals surface area contributed by atoms with Gasteiger partial charge in [0, 0.05) is 12.7 Å². The number of rotatable bonds is 4. The van der Waals surface area contributed by atoms with Crippen molar-refractivity contribution < 1.29 is 0 Å². The third-order valence-corrected chi connectivity index (χ3v) is 1.77. The molecule has 0 atom stereocenters.